The van der Waals surface area contributed by atoms with Gasteiger partial charge in [0.15, 0.2) is 11.9 Å². The number of carbonyl (C=O) groups is 2. The highest BCUT2D eigenvalue weighted by Gasteiger charge is 2.17. The van der Waals surface area contributed by atoms with Crippen LogP contribution < -0.4 is 9.47 Å². The second-order valence-electron chi connectivity index (χ2n) is 6.16. The van der Waals surface area contributed by atoms with Crippen LogP contribution in [0.25, 0.3) is 0 Å². The second kappa shape index (κ2) is 9.61. The highest BCUT2D eigenvalue weighted by atomic mass is 16.5. The molecule has 0 aliphatic rings. The molecule has 2 aromatic carbocycles. The van der Waals surface area contributed by atoms with E-state index in [4.69, 9.17) is 14.6 Å². The molecule has 0 saturated heterocycles. The smallest absolute Gasteiger partial charge is 0.303 e. The number of ketones is 1. The van der Waals surface area contributed by atoms with Gasteiger partial charge in [0.05, 0.1) is 6.61 Å². The molecule has 5 nitrogen and oxygen atoms in total. The molecule has 138 valence electrons. The number of carboxylic acids is 1. The zero-order chi connectivity index (χ0) is 18.9. The van der Waals surface area contributed by atoms with Crippen molar-refractivity contribution in [3.05, 3.63) is 59.7 Å². The third-order valence-corrected chi connectivity index (χ3v) is 4.02. The van der Waals surface area contributed by atoms with E-state index in [1.54, 1.807) is 0 Å². The van der Waals surface area contributed by atoms with Gasteiger partial charge in [-0.3, -0.25) is 9.59 Å². The lowest BCUT2D eigenvalue weighted by molar-refractivity contribution is -0.137. The van der Waals surface area contributed by atoms with Crippen LogP contribution in [0.2, 0.25) is 0 Å². The van der Waals surface area contributed by atoms with Crippen molar-refractivity contribution in [3.63, 3.8) is 0 Å². The number of rotatable bonds is 10. The van der Waals surface area contributed by atoms with Crippen LogP contribution in [0.3, 0.4) is 0 Å². The molecule has 2 rings (SSSR count). The van der Waals surface area contributed by atoms with Crippen LogP contribution in [0.1, 0.15) is 30.9 Å². The minimum Gasteiger partial charge on any atom is -0.493 e. The number of hydrogen-bond donors (Lipinski definition) is 1. The molecule has 0 aliphatic heterocycles. The number of ether oxygens (including phenoxy) is 2. The summed E-state index contributed by atoms with van der Waals surface area (Å²) in [5.41, 5.74) is 1.93. The van der Waals surface area contributed by atoms with Gasteiger partial charge in [0.2, 0.25) is 0 Å². The van der Waals surface area contributed by atoms with Crippen molar-refractivity contribution < 1.29 is 24.2 Å². The summed E-state index contributed by atoms with van der Waals surface area (Å²) in [5.74, 6) is 0.535. The zero-order valence-corrected chi connectivity index (χ0v) is 15.1. The fourth-order valence-corrected chi connectivity index (χ4v) is 2.47. The Bertz CT molecular complexity index is 736. The Balaban J connectivity index is 1.85. The summed E-state index contributed by atoms with van der Waals surface area (Å²) in [6, 6.07) is 14.9. The number of benzene rings is 2. The van der Waals surface area contributed by atoms with Crippen molar-refractivity contribution in [1.29, 1.82) is 0 Å². The van der Waals surface area contributed by atoms with Crippen LogP contribution >= 0.6 is 0 Å². The van der Waals surface area contributed by atoms with Crippen LogP contribution in [-0.4, -0.2) is 29.6 Å². The van der Waals surface area contributed by atoms with Crippen molar-refractivity contribution in [2.45, 2.75) is 39.2 Å². The molecule has 0 amide bonds. The summed E-state index contributed by atoms with van der Waals surface area (Å²) in [5, 5.41) is 8.70. The summed E-state index contributed by atoms with van der Waals surface area (Å²) in [6.07, 6.45) is 0.499. The lowest BCUT2D eigenvalue weighted by atomic mass is 10.1. The van der Waals surface area contributed by atoms with Crippen LogP contribution in [0.15, 0.2) is 48.5 Å². The lowest BCUT2D eigenvalue weighted by Gasteiger charge is -2.18. The fourth-order valence-electron chi connectivity index (χ4n) is 2.47. The van der Waals surface area contributed by atoms with Crippen molar-refractivity contribution in [2.24, 2.45) is 0 Å². The molecular formula is C21H24O5. The Hall–Kier alpha value is -2.82. The Morgan fingerprint density at radius 1 is 1.08 bits per heavy atom. The Kier molecular flexibility index (Phi) is 7.21. The predicted octanol–water partition coefficient (Wildman–Crippen LogP) is 3.82. The maximum absolute atomic E-state index is 11.8. The van der Waals surface area contributed by atoms with Crippen molar-refractivity contribution in [1.82, 2.24) is 0 Å². The van der Waals surface area contributed by atoms with Crippen LogP contribution in [-0.2, 0) is 16.0 Å². The van der Waals surface area contributed by atoms with E-state index in [0.717, 1.165) is 11.1 Å². The summed E-state index contributed by atoms with van der Waals surface area (Å²) in [4.78, 5) is 22.4. The molecule has 0 saturated carbocycles. The van der Waals surface area contributed by atoms with E-state index in [0.29, 0.717) is 30.9 Å². The van der Waals surface area contributed by atoms with Gasteiger partial charge in [0.1, 0.15) is 11.5 Å². The first-order chi connectivity index (χ1) is 12.5. The Morgan fingerprint density at radius 2 is 1.77 bits per heavy atom. The number of hydrogen-bond acceptors (Lipinski definition) is 4. The summed E-state index contributed by atoms with van der Waals surface area (Å²) < 4.78 is 11.5. The van der Waals surface area contributed by atoms with Crippen molar-refractivity contribution in [2.75, 3.05) is 6.61 Å². The van der Waals surface area contributed by atoms with E-state index >= 15 is 0 Å². The monoisotopic (exact) mass is 356 g/mol. The Labute approximate surface area is 153 Å². The van der Waals surface area contributed by atoms with Gasteiger partial charge >= 0.3 is 5.97 Å². The third kappa shape index (κ3) is 6.24. The highest BCUT2D eigenvalue weighted by Crippen LogP contribution is 2.20. The number of carboxylic acid groups (broad SMARTS) is 1. The van der Waals surface area contributed by atoms with Gasteiger partial charge in [-0.2, -0.15) is 0 Å². The SMILES string of the molecule is CC(=O)C(CCOc1ccc(CCC(=O)O)cc1)Oc1ccccc1C. The van der Waals surface area contributed by atoms with E-state index < -0.39 is 12.1 Å². The van der Waals surface area contributed by atoms with Gasteiger partial charge in [0.25, 0.3) is 0 Å². The normalized spacial score (nSPS) is 11.6. The van der Waals surface area contributed by atoms with Crippen molar-refractivity contribution >= 4 is 11.8 Å². The predicted molar refractivity (Wildman–Crippen MR) is 98.8 cm³/mol. The summed E-state index contributed by atoms with van der Waals surface area (Å²) in [6.45, 7) is 3.81. The molecule has 0 heterocycles. The maximum atomic E-state index is 11.8. The van der Waals surface area contributed by atoms with Gasteiger partial charge in [-0.25, -0.2) is 0 Å². The number of para-hydroxylation sites is 1. The molecule has 5 heteroatoms. The zero-order valence-electron chi connectivity index (χ0n) is 15.1. The maximum Gasteiger partial charge on any atom is 0.303 e. The highest BCUT2D eigenvalue weighted by molar-refractivity contribution is 5.80. The van der Waals surface area contributed by atoms with Crippen molar-refractivity contribution in [3.8, 4) is 11.5 Å². The Morgan fingerprint density at radius 3 is 2.38 bits per heavy atom. The molecule has 0 aromatic heterocycles. The number of aryl methyl sites for hydroxylation is 2. The average molecular weight is 356 g/mol. The van der Waals surface area contributed by atoms with E-state index in [9.17, 15) is 9.59 Å². The lowest BCUT2D eigenvalue weighted by Crippen LogP contribution is -2.27. The molecule has 26 heavy (non-hydrogen) atoms. The minimum atomic E-state index is -0.811. The molecular weight excluding hydrogens is 332 g/mol. The van der Waals surface area contributed by atoms with E-state index in [-0.39, 0.29) is 12.2 Å². The average Bonchev–Trinajstić information content (AvgIpc) is 2.61. The van der Waals surface area contributed by atoms with E-state index in [2.05, 4.69) is 0 Å². The summed E-state index contributed by atoms with van der Waals surface area (Å²) in [7, 11) is 0. The molecule has 0 fully saturated rings. The van der Waals surface area contributed by atoms with Gasteiger partial charge < -0.3 is 14.6 Å². The molecule has 1 atom stereocenters. The topological polar surface area (TPSA) is 72.8 Å². The molecule has 0 radical (unpaired) electrons. The van der Waals surface area contributed by atoms with Crippen LogP contribution in [0, 0.1) is 6.92 Å². The molecule has 1 N–H and O–H groups in total. The number of aliphatic carboxylic acids is 1. The van der Waals surface area contributed by atoms with Gasteiger partial charge in [-0.15, -0.1) is 0 Å². The van der Waals surface area contributed by atoms with Gasteiger partial charge in [-0.05, 0) is 49.6 Å². The van der Waals surface area contributed by atoms with Gasteiger partial charge in [0, 0.05) is 12.8 Å². The largest absolute Gasteiger partial charge is 0.493 e. The minimum absolute atomic E-state index is 0.0409. The first-order valence-electron chi connectivity index (χ1n) is 8.62. The number of Topliss-reactive ketones (excluding diaryl/α,β-unsaturated/α-hetero) is 1. The second-order valence-corrected chi connectivity index (χ2v) is 6.16. The van der Waals surface area contributed by atoms with Gasteiger partial charge in [-0.1, -0.05) is 30.3 Å². The molecule has 0 aliphatic carbocycles. The third-order valence-electron chi connectivity index (χ3n) is 4.02. The first-order valence-corrected chi connectivity index (χ1v) is 8.62. The van der Waals surface area contributed by atoms with E-state index in [1.807, 2.05) is 55.5 Å². The first kappa shape index (κ1) is 19.5. The molecule has 0 bridgehead atoms. The van der Waals surface area contributed by atoms with Crippen LogP contribution in [0.5, 0.6) is 11.5 Å². The fraction of sp³-hybridized carbons (Fsp3) is 0.333. The van der Waals surface area contributed by atoms with E-state index in [1.165, 1.54) is 6.92 Å². The van der Waals surface area contributed by atoms with Crippen LogP contribution in [0.4, 0.5) is 0 Å². The molecule has 2 aromatic rings. The molecule has 1 unspecified atom stereocenters. The molecule has 0 spiro atoms. The summed E-state index contributed by atoms with van der Waals surface area (Å²) >= 11 is 0. The number of carbonyl (C=O) groups excluding carboxylic acids is 1. The standard InChI is InChI=1S/C21H24O5/c1-15-5-3-4-6-19(15)26-20(16(2)22)13-14-25-18-10-7-17(8-11-18)9-12-21(23)24/h3-8,10-11,20H,9,12-14H2,1-2H3,(H,23,24). The quantitative estimate of drug-likeness (QED) is 0.701.